The van der Waals surface area contributed by atoms with Gasteiger partial charge >= 0.3 is 0 Å². The number of benzene rings is 2. The van der Waals surface area contributed by atoms with E-state index in [1.54, 1.807) is 43.5 Å². The highest BCUT2D eigenvalue weighted by Crippen LogP contribution is 2.25. The van der Waals surface area contributed by atoms with Crippen molar-refractivity contribution in [2.24, 2.45) is 0 Å². The average Bonchev–Trinajstić information content (AvgIpc) is 3.04. The van der Waals surface area contributed by atoms with E-state index in [4.69, 9.17) is 9.47 Å². The molecule has 4 aromatic rings. The molecule has 7 nitrogen and oxygen atoms in total. The molecule has 0 saturated heterocycles. The van der Waals surface area contributed by atoms with Gasteiger partial charge in [0.1, 0.15) is 23.0 Å². The van der Waals surface area contributed by atoms with Crippen molar-refractivity contribution in [2.75, 3.05) is 14.2 Å². The van der Waals surface area contributed by atoms with Gasteiger partial charge in [-0.05, 0) is 35.9 Å². The number of hydrogen-bond acceptors (Lipinski definition) is 7. The van der Waals surface area contributed by atoms with Crippen molar-refractivity contribution in [1.29, 1.82) is 0 Å². The van der Waals surface area contributed by atoms with Crippen LogP contribution in [0.2, 0.25) is 0 Å². The molecule has 0 unspecified atom stereocenters. The predicted molar refractivity (Wildman–Crippen MR) is 111 cm³/mol. The van der Waals surface area contributed by atoms with E-state index in [0.29, 0.717) is 27.2 Å². The normalized spacial score (nSPS) is 11.8. The monoisotopic (exact) mass is 425 g/mol. The Balaban J connectivity index is 1.79. The molecule has 0 radical (unpaired) electrons. The fourth-order valence-electron chi connectivity index (χ4n) is 2.93. The number of nitrogens with zero attached hydrogens (tertiary/aromatic N) is 3. The highest BCUT2D eigenvalue weighted by atomic mass is 32.1. The molecule has 0 aliphatic heterocycles. The summed E-state index contributed by atoms with van der Waals surface area (Å²) >= 11 is 1.06. The minimum atomic E-state index is -0.519. The van der Waals surface area contributed by atoms with Gasteiger partial charge in [0.05, 0.1) is 18.8 Å². The minimum Gasteiger partial charge on any atom is -0.497 e. The van der Waals surface area contributed by atoms with E-state index in [-0.39, 0.29) is 28.5 Å². The van der Waals surface area contributed by atoms with Gasteiger partial charge in [-0.2, -0.15) is 14.6 Å². The first-order valence-corrected chi connectivity index (χ1v) is 9.71. The first kappa shape index (κ1) is 19.7. The maximum atomic E-state index is 13.1. The molecule has 0 fully saturated rings. The van der Waals surface area contributed by atoms with Crippen molar-refractivity contribution in [2.45, 2.75) is 6.42 Å². The number of aromatic nitrogens is 3. The number of rotatable bonds is 5. The lowest BCUT2D eigenvalue weighted by Gasteiger charge is -2.06. The van der Waals surface area contributed by atoms with E-state index in [2.05, 4.69) is 10.1 Å². The Bertz CT molecular complexity index is 1400. The van der Waals surface area contributed by atoms with Crippen molar-refractivity contribution >= 4 is 22.4 Å². The Hall–Kier alpha value is -3.59. The topological polar surface area (TPSA) is 82.8 Å². The summed E-state index contributed by atoms with van der Waals surface area (Å²) in [4.78, 5) is 29.4. The van der Waals surface area contributed by atoms with Crippen molar-refractivity contribution < 1.29 is 13.9 Å². The SMILES string of the molecule is COc1ccc(/C=c2/sc3nc(=O)c(Cc4ccc(F)cc4)nn3c2=O)c(OC)c1. The maximum absolute atomic E-state index is 13.1. The zero-order valence-electron chi connectivity index (χ0n) is 16.1. The first-order valence-electron chi connectivity index (χ1n) is 8.89. The third-order valence-corrected chi connectivity index (χ3v) is 5.42. The molecule has 0 bridgehead atoms. The Kier molecular flexibility index (Phi) is 5.28. The second-order valence-corrected chi connectivity index (χ2v) is 7.39. The zero-order chi connectivity index (χ0) is 21.3. The zero-order valence-corrected chi connectivity index (χ0v) is 16.9. The minimum absolute atomic E-state index is 0.114. The van der Waals surface area contributed by atoms with Crippen molar-refractivity contribution in [3.05, 3.63) is 90.3 Å². The number of fused-ring (bicyclic) bond motifs is 1. The summed E-state index contributed by atoms with van der Waals surface area (Å²) in [6, 6.07) is 11.0. The molecule has 0 amide bonds. The molecule has 2 aromatic carbocycles. The second kappa shape index (κ2) is 8.03. The van der Waals surface area contributed by atoms with Crippen LogP contribution in [0.15, 0.2) is 52.1 Å². The quantitative estimate of drug-likeness (QED) is 0.485. The summed E-state index contributed by atoms with van der Waals surface area (Å²) in [7, 11) is 3.08. The summed E-state index contributed by atoms with van der Waals surface area (Å²) in [5.41, 5.74) is 0.578. The van der Waals surface area contributed by atoms with Crippen LogP contribution in [0.25, 0.3) is 11.0 Å². The van der Waals surface area contributed by atoms with Crippen LogP contribution in [0.5, 0.6) is 11.5 Å². The van der Waals surface area contributed by atoms with Gasteiger partial charge in [-0.3, -0.25) is 9.59 Å². The number of ether oxygens (including phenoxy) is 2. The largest absolute Gasteiger partial charge is 0.497 e. The van der Waals surface area contributed by atoms with E-state index in [1.807, 2.05) is 0 Å². The fourth-order valence-corrected chi connectivity index (χ4v) is 3.82. The average molecular weight is 425 g/mol. The van der Waals surface area contributed by atoms with Crippen LogP contribution in [0, 0.1) is 5.82 Å². The summed E-state index contributed by atoms with van der Waals surface area (Å²) in [5.74, 6) is 0.797. The third kappa shape index (κ3) is 3.79. The lowest BCUT2D eigenvalue weighted by molar-refractivity contribution is 0.393. The molecule has 4 rings (SSSR count). The smallest absolute Gasteiger partial charge is 0.296 e. The van der Waals surface area contributed by atoms with E-state index in [9.17, 15) is 14.0 Å². The van der Waals surface area contributed by atoms with Gasteiger partial charge in [-0.25, -0.2) is 4.39 Å². The van der Waals surface area contributed by atoms with Gasteiger partial charge in [0, 0.05) is 18.1 Å². The molecule has 0 aliphatic rings. The van der Waals surface area contributed by atoms with Crippen LogP contribution in [-0.4, -0.2) is 28.8 Å². The fraction of sp³-hybridized carbons (Fsp3) is 0.143. The Labute approximate surface area is 173 Å². The Morgan fingerprint density at radius 2 is 1.87 bits per heavy atom. The molecular formula is C21H16FN3O4S. The van der Waals surface area contributed by atoms with E-state index in [1.165, 1.54) is 19.2 Å². The Morgan fingerprint density at radius 3 is 2.57 bits per heavy atom. The van der Waals surface area contributed by atoms with Gasteiger partial charge in [0.15, 0.2) is 0 Å². The molecule has 2 heterocycles. The van der Waals surface area contributed by atoms with E-state index >= 15 is 0 Å². The molecule has 152 valence electrons. The molecule has 0 atom stereocenters. The standard InChI is InChI=1S/C21H16FN3O4S/c1-28-15-8-5-13(17(11-15)29-2)10-18-20(27)25-21(30-18)23-19(26)16(24-25)9-12-3-6-14(22)7-4-12/h3-8,10-11H,9H2,1-2H3/b18-10+. The summed E-state index contributed by atoms with van der Waals surface area (Å²) in [6.45, 7) is 0. The lowest BCUT2D eigenvalue weighted by atomic mass is 10.1. The summed E-state index contributed by atoms with van der Waals surface area (Å²) in [6.07, 6.45) is 1.81. The number of hydrogen-bond donors (Lipinski definition) is 0. The maximum Gasteiger partial charge on any atom is 0.296 e. The number of thiazole rings is 1. The van der Waals surface area contributed by atoms with Crippen LogP contribution in [0.1, 0.15) is 16.8 Å². The molecular weight excluding hydrogens is 409 g/mol. The van der Waals surface area contributed by atoms with Crippen molar-refractivity contribution in [1.82, 2.24) is 14.6 Å². The predicted octanol–water partition coefficient (Wildman–Crippen LogP) is 1.81. The van der Waals surface area contributed by atoms with Crippen LogP contribution in [0.4, 0.5) is 4.39 Å². The number of halogens is 1. The van der Waals surface area contributed by atoms with Gasteiger partial charge in [0.2, 0.25) is 4.96 Å². The van der Waals surface area contributed by atoms with Gasteiger partial charge in [-0.1, -0.05) is 23.5 Å². The molecule has 0 N–H and O–H groups in total. The van der Waals surface area contributed by atoms with Crippen molar-refractivity contribution in [3.63, 3.8) is 0 Å². The van der Waals surface area contributed by atoms with Crippen molar-refractivity contribution in [3.8, 4) is 11.5 Å². The molecule has 2 aromatic heterocycles. The summed E-state index contributed by atoms with van der Waals surface area (Å²) < 4.78 is 25.1. The Morgan fingerprint density at radius 1 is 1.10 bits per heavy atom. The highest BCUT2D eigenvalue weighted by Gasteiger charge is 2.12. The van der Waals surface area contributed by atoms with E-state index < -0.39 is 5.56 Å². The molecule has 0 aliphatic carbocycles. The molecule has 0 saturated carbocycles. The van der Waals surface area contributed by atoms with Gasteiger partial charge in [-0.15, -0.1) is 0 Å². The molecule has 9 heteroatoms. The second-order valence-electron chi connectivity index (χ2n) is 6.38. The lowest BCUT2D eigenvalue weighted by Crippen LogP contribution is -2.28. The van der Waals surface area contributed by atoms with Crippen LogP contribution in [0.3, 0.4) is 0 Å². The van der Waals surface area contributed by atoms with Crippen LogP contribution in [-0.2, 0) is 6.42 Å². The van der Waals surface area contributed by atoms with E-state index in [0.717, 1.165) is 15.9 Å². The summed E-state index contributed by atoms with van der Waals surface area (Å²) in [5, 5.41) is 4.20. The van der Waals surface area contributed by atoms with Crippen LogP contribution < -0.4 is 25.1 Å². The number of methoxy groups -OCH3 is 2. The highest BCUT2D eigenvalue weighted by molar-refractivity contribution is 7.15. The van der Waals surface area contributed by atoms with Gasteiger partial charge < -0.3 is 9.47 Å². The molecule has 30 heavy (non-hydrogen) atoms. The van der Waals surface area contributed by atoms with Gasteiger partial charge in [0.25, 0.3) is 11.1 Å². The van der Waals surface area contributed by atoms with Crippen LogP contribution >= 0.6 is 11.3 Å². The first-order chi connectivity index (χ1) is 14.5. The third-order valence-electron chi connectivity index (χ3n) is 4.46. The molecule has 0 spiro atoms.